The van der Waals surface area contributed by atoms with Crippen LogP contribution >= 0.6 is 0 Å². The third kappa shape index (κ3) is 2.62. The van der Waals surface area contributed by atoms with Crippen LogP contribution in [0.5, 0.6) is 0 Å². The van der Waals surface area contributed by atoms with Crippen molar-refractivity contribution in [1.29, 1.82) is 0 Å². The van der Waals surface area contributed by atoms with E-state index in [1.165, 1.54) is 0 Å². The fourth-order valence-corrected chi connectivity index (χ4v) is 1.81. The molecule has 0 amide bonds. The van der Waals surface area contributed by atoms with Crippen molar-refractivity contribution in [2.75, 3.05) is 19.8 Å². The summed E-state index contributed by atoms with van der Waals surface area (Å²) in [5.74, 6) is -1.41. The Labute approximate surface area is 102 Å². The minimum atomic E-state index is -1.95. The van der Waals surface area contributed by atoms with Crippen LogP contribution in [0.2, 0.25) is 0 Å². The number of nitrogens with one attached hydrogen (secondary N) is 1. The van der Waals surface area contributed by atoms with E-state index in [-0.39, 0.29) is 0 Å². The van der Waals surface area contributed by atoms with Gasteiger partial charge in [-0.3, -0.25) is 10.1 Å². The smallest absolute Gasteiger partial charge is 0.323 e. The van der Waals surface area contributed by atoms with E-state index in [9.17, 15) is 20.1 Å². The molecule has 0 bridgehead atoms. The number of hydrogen-bond acceptors (Lipinski definition) is 8. The van der Waals surface area contributed by atoms with Crippen LogP contribution in [0.4, 0.5) is 0 Å². The second-order valence-electron chi connectivity index (χ2n) is 4.04. The summed E-state index contributed by atoms with van der Waals surface area (Å²) in [7, 11) is 0. The first-order chi connectivity index (χ1) is 8.41. The maximum absolute atomic E-state index is 10.8. The summed E-state index contributed by atoms with van der Waals surface area (Å²) in [4.78, 5) is 10.8. The van der Waals surface area contributed by atoms with Crippen molar-refractivity contribution in [3.8, 4) is 0 Å². The van der Waals surface area contributed by atoms with Crippen molar-refractivity contribution in [2.45, 2.75) is 30.1 Å². The Morgan fingerprint density at radius 3 is 2.28 bits per heavy atom. The molecule has 106 valence electrons. The number of carboxylic acids is 1. The van der Waals surface area contributed by atoms with Crippen molar-refractivity contribution >= 4 is 5.97 Å². The van der Waals surface area contributed by atoms with Gasteiger partial charge in [-0.05, 0) is 0 Å². The fourth-order valence-electron chi connectivity index (χ4n) is 1.81. The lowest BCUT2D eigenvalue weighted by molar-refractivity contribution is -0.160. The molecule has 0 aliphatic carbocycles. The molecule has 7 N–H and O–H groups in total. The van der Waals surface area contributed by atoms with Gasteiger partial charge in [0.15, 0.2) is 5.72 Å². The molecule has 18 heavy (non-hydrogen) atoms. The van der Waals surface area contributed by atoms with Crippen LogP contribution in [-0.4, -0.2) is 86.5 Å². The highest BCUT2D eigenvalue weighted by Crippen LogP contribution is 2.29. The highest BCUT2D eigenvalue weighted by molar-refractivity contribution is 5.73. The number of ether oxygens (including phenoxy) is 1. The molecule has 1 aliphatic rings. The average molecular weight is 267 g/mol. The molecular weight excluding hydrogens is 250 g/mol. The van der Waals surface area contributed by atoms with Gasteiger partial charge in [0.1, 0.15) is 24.4 Å². The number of hydrogen-bond donors (Lipinski definition) is 7. The van der Waals surface area contributed by atoms with Gasteiger partial charge < -0.3 is 35.4 Å². The topological polar surface area (TPSA) is 160 Å². The van der Waals surface area contributed by atoms with Crippen LogP contribution in [0, 0.1) is 0 Å². The lowest BCUT2D eigenvalue weighted by atomic mass is 10.0. The number of aliphatic carboxylic acids is 1. The molecule has 0 saturated carbocycles. The van der Waals surface area contributed by atoms with E-state index >= 15 is 0 Å². The van der Waals surface area contributed by atoms with Crippen LogP contribution in [-0.2, 0) is 9.53 Å². The van der Waals surface area contributed by atoms with Crippen molar-refractivity contribution in [1.82, 2.24) is 5.32 Å². The van der Waals surface area contributed by atoms with Gasteiger partial charge in [-0.25, -0.2) is 0 Å². The normalized spacial score (nSPS) is 37.7. The molecule has 5 atom stereocenters. The molecule has 1 fully saturated rings. The first-order valence-electron chi connectivity index (χ1n) is 5.29. The molecule has 1 rings (SSSR count). The first kappa shape index (κ1) is 15.2. The maximum atomic E-state index is 10.8. The van der Waals surface area contributed by atoms with Crippen LogP contribution < -0.4 is 5.32 Å². The number of aliphatic hydroxyl groups is 5. The predicted octanol–water partition coefficient (Wildman–Crippen LogP) is -4.18. The van der Waals surface area contributed by atoms with E-state index in [1.54, 1.807) is 0 Å². The molecule has 0 aromatic carbocycles. The Kier molecular flexibility index (Phi) is 4.99. The van der Waals surface area contributed by atoms with Crippen LogP contribution in [0.1, 0.15) is 0 Å². The van der Waals surface area contributed by atoms with E-state index in [0.29, 0.717) is 0 Å². The largest absolute Gasteiger partial charge is 0.480 e. The zero-order valence-electron chi connectivity index (χ0n) is 9.43. The fraction of sp³-hybridized carbons (Fsp3) is 0.889. The van der Waals surface area contributed by atoms with Gasteiger partial charge in [0.05, 0.1) is 19.8 Å². The van der Waals surface area contributed by atoms with Gasteiger partial charge in [0.2, 0.25) is 0 Å². The van der Waals surface area contributed by atoms with Gasteiger partial charge >= 0.3 is 5.97 Å². The van der Waals surface area contributed by atoms with Crippen molar-refractivity contribution in [3.05, 3.63) is 0 Å². The molecule has 9 heteroatoms. The quantitative estimate of drug-likeness (QED) is 0.253. The third-order valence-corrected chi connectivity index (χ3v) is 2.86. The zero-order chi connectivity index (χ0) is 13.9. The Hall–Kier alpha value is -0.810. The van der Waals surface area contributed by atoms with Gasteiger partial charge in [-0.1, -0.05) is 0 Å². The Balaban J connectivity index is 2.89. The molecule has 1 aliphatic heterocycles. The second kappa shape index (κ2) is 5.89. The van der Waals surface area contributed by atoms with Gasteiger partial charge in [-0.2, -0.15) is 0 Å². The summed E-state index contributed by atoms with van der Waals surface area (Å²) >= 11 is 0. The summed E-state index contributed by atoms with van der Waals surface area (Å²) in [6.07, 6.45) is -4.29. The van der Waals surface area contributed by atoms with E-state index in [0.717, 1.165) is 0 Å². The van der Waals surface area contributed by atoms with E-state index in [2.05, 4.69) is 5.32 Å². The minimum Gasteiger partial charge on any atom is -0.480 e. The molecule has 0 unspecified atom stereocenters. The first-order valence-corrected chi connectivity index (χ1v) is 5.29. The van der Waals surface area contributed by atoms with Crippen molar-refractivity contribution in [3.63, 3.8) is 0 Å². The number of carboxylic acid groups (broad SMARTS) is 1. The zero-order valence-corrected chi connectivity index (χ0v) is 9.43. The predicted molar refractivity (Wildman–Crippen MR) is 55.4 cm³/mol. The van der Waals surface area contributed by atoms with Crippen LogP contribution in [0.3, 0.4) is 0 Å². The number of aliphatic hydroxyl groups excluding tert-OH is 5. The molecule has 0 aromatic rings. The van der Waals surface area contributed by atoms with Gasteiger partial charge in [-0.15, -0.1) is 0 Å². The summed E-state index contributed by atoms with van der Waals surface area (Å²) < 4.78 is 5.07. The second-order valence-corrected chi connectivity index (χ2v) is 4.04. The summed E-state index contributed by atoms with van der Waals surface area (Å²) in [5.41, 5.74) is -1.95. The molecule has 0 spiro atoms. The monoisotopic (exact) mass is 267 g/mol. The van der Waals surface area contributed by atoms with Crippen molar-refractivity contribution in [2.24, 2.45) is 0 Å². The van der Waals surface area contributed by atoms with Crippen LogP contribution in [0.25, 0.3) is 0 Å². The minimum absolute atomic E-state index is 0.613. The number of carbonyl (C=O) groups is 1. The highest BCUT2D eigenvalue weighted by Gasteiger charge is 2.55. The summed E-state index contributed by atoms with van der Waals surface area (Å²) in [6.45, 7) is -2.25. The standard InChI is InChI=1S/C9H17NO8/c11-1-4(8(16)17)10-9(3-13)7(15)6(14)5(2-12)18-9/h4-7,10-15H,1-3H2,(H,16,17)/t4-,5+,6+,7-,9-/m0/s1. The SMILES string of the molecule is O=C(O)[C@H](CO)N[C@@]1(CO)O[C@H](CO)[C@@H](O)[C@@H]1O. The molecular formula is C9H17NO8. The number of rotatable bonds is 6. The maximum Gasteiger partial charge on any atom is 0.323 e. The molecule has 0 aromatic heterocycles. The van der Waals surface area contributed by atoms with Gasteiger partial charge in [0, 0.05) is 0 Å². The van der Waals surface area contributed by atoms with Crippen molar-refractivity contribution < 1.29 is 40.2 Å². The molecule has 0 radical (unpaired) electrons. The lowest BCUT2D eigenvalue weighted by Crippen LogP contribution is -2.62. The van der Waals surface area contributed by atoms with Gasteiger partial charge in [0.25, 0.3) is 0 Å². The van der Waals surface area contributed by atoms with E-state index in [4.69, 9.17) is 20.1 Å². The summed E-state index contributed by atoms with van der Waals surface area (Å²) in [5, 5.41) is 57.3. The molecule has 1 saturated heterocycles. The van der Waals surface area contributed by atoms with E-state index in [1.807, 2.05) is 0 Å². The lowest BCUT2D eigenvalue weighted by Gasteiger charge is -2.33. The third-order valence-electron chi connectivity index (χ3n) is 2.86. The summed E-state index contributed by atoms with van der Waals surface area (Å²) in [6, 6.07) is -1.49. The molecule has 1 heterocycles. The average Bonchev–Trinajstić information content (AvgIpc) is 2.60. The Bertz CT molecular complexity index is 300. The van der Waals surface area contributed by atoms with E-state index < -0.39 is 55.9 Å². The molecule has 9 nitrogen and oxygen atoms in total. The highest BCUT2D eigenvalue weighted by atomic mass is 16.6. The Morgan fingerprint density at radius 1 is 1.33 bits per heavy atom. The van der Waals surface area contributed by atoms with Crippen LogP contribution in [0.15, 0.2) is 0 Å². The Morgan fingerprint density at radius 2 is 1.94 bits per heavy atom.